The fourth-order valence-electron chi connectivity index (χ4n) is 4.24. The highest BCUT2D eigenvalue weighted by molar-refractivity contribution is 14.0. The van der Waals surface area contributed by atoms with Crippen molar-refractivity contribution in [1.82, 2.24) is 30.3 Å². The maximum atomic E-state index is 4.37. The van der Waals surface area contributed by atoms with Crippen LogP contribution in [0, 0.1) is 0 Å². The fraction of sp³-hybridized carbons (Fsp3) is 0.609. The van der Waals surface area contributed by atoms with Crippen molar-refractivity contribution in [3.8, 4) is 0 Å². The number of hydrogen-bond acceptors (Lipinski definition) is 4. The zero-order chi connectivity index (χ0) is 21.2. The summed E-state index contributed by atoms with van der Waals surface area (Å²) >= 11 is 0. The number of nitrogens with zero attached hydrogens (tertiary/aromatic N) is 5. The number of aromatic nitrogens is 3. The van der Waals surface area contributed by atoms with Crippen LogP contribution in [-0.4, -0.2) is 52.3 Å². The van der Waals surface area contributed by atoms with E-state index < -0.39 is 0 Å². The first kappa shape index (κ1) is 25.6. The molecule has 1 aromatic heterocycles. The second-order valence-electron chi connectivity index (χ2n) is 8.12. The lowest BCUT2D eigenvalue weighted by molar-refractivity contribution is 0.184. The van der Waals surface area contributed by atoms with Gasteiger partial charge in [0.15, 0.2) is 5.96 Å². The van der Waals surface area contributed by atoms with Gasteiger partial charge in [-0.15, -0.1) is 34.2 Å². The monoisotopic (exact) mass is 539 g/mol. The van der Waals surface area contributed by atoms with E-state index >= 15 is 0 Å². The minimum atomic E-state index is 0. The molecule has 31 heavy (non-hydrogen) atoms. The van der Waals surface area contributed by atoms with Gasteiger partial charge in [0.2, 0.25) is 0 Å². The number of hydrogen-bond donors (Lipinski definition) is 2. The number of benzene rings is 1. The van der Waals surface area contributed by atoms with Gasteiger partial charge in [-0.2, -0.15) is 0 Å². The molecule has 1 aliphatic rings. The van der Waals surface area contributed by atoms with E-state index in [9.17, 15) is 0 Å². The Bertz CT molecular complexity index is 799. The predicted octanol–water partition coefficient (Wildman–Crippen LogP) is 3.59. The Kier molecular flexibility index (Phi) is 11.3. The minimum absolute atomic E-state index is 0. The molecule has 3 rings (SSSR count). The van der Waals surface area contributed by atoms with Gasteiger partial charge in [0.05, 0.1) is 0 Å². The zero-order valence-corrected chi connectivity index (χ0v) is 21.5. The molecule has 0 saturated heterocycles. The maximum Gasteiger partial charge on any atom is 0.191 e. The van der Waals surface area contributed by atoms with E-state index in [1.165, 1.54) is 43.2 Å². The van der Waals surface area contributed by atoms with Gasteiger partial charge >= 0.3 is 0 Å². The second-order valence-corrected chi connectivity index (χ2v) is 8.12. The lowest BCUT2D eigenvalue weighted by Gasteiger charge is -2.31. The first-order valence-corrected chi connectivity index (χ1v) is 11.3. The fourth-order valence-corrected chi connectivity index (χ4v) is 4.24. The van der Waals surface area contributed by atoms with Gasteiger partial charge in [-0.3, -0.25) is 9.89 Å². The highest BCUT2D eigenvalue weighted by atomic mass is 127. The van der Waals surface area contributed by atoms with Crippen molar-refractivity contribution in [3.63, 3.8) is 0 Å². The quantitative estimate of drug-likeness (QED) is 0.290. The molecule has 172 valence electrons. The first-order valence-electron chi connectivity index (χ1n) is 11.3. The summed E-state index contributed by atoms with van der Waals surface area (Å²) in [5.41, 5.74) is 2.72. The van der Waals surface area contributed by atoms with E-state index in [4.69, 9.17) is 0 Å². The van der Waals surface area contributed by atoms with Gasteiger partial charge in [-0.05, 0) is 31.0 Å². The van der Waals surface area contributed by atoms with Gasteiger partial charge in [0.25, 0.3) is 0 Å². The van der Waals surface area contributed by atoms with Gasteiger partial charge in [0.1, 0.15) is 12.2 Å². The summed E-state index contributed by atoms with van der Waals surface area (Å²) in [7, 11) is 4.09. The molecule has 7 nitrogen and oxygen atoms in total. The molecule has 1 saturated carbocycles. The van der Waals surface area contributed by atoms with Crippen molar-refractivity contribution in [3.05, 3.63) is 47.5 Å². The van der Waals surface area contributed by atoms with Crippen LogP contribution in [0.3, 0.4) is 0 Å². The second kappa shape index (κ2) is 13.7. The Balaban J connectivity index is 0.00000341. The number of guanidine groups is 1. The Hall–Kier alpha value is -1.68. The summed E-state index contributed by atoms with van der Waals surface area (Å²) in [5.74, 6) is 1.83. The molecular weight excluding hydrogens is 501 g/mol. The van der Waals surface area contributed by atoms with E-state index in [2.05, 4.69) is 73.5 Å². The van der Waals surface area contributed by atoms with Crippen molar-refractivity contribution >= 4 is 29.9 Å². The first-order chi connectivity index (χ1) is 14.7. The highest BCUT2D eigenvalue weighted by Gasteiger charge is 2.18. The molecule has 1 heterocycles. The Morgan fingerprint density at radius 3 is 2.61 bits per heavy atom. The Morgan fingerprint density at radius 1 is 1.16 bits per heavy atom. The highest BCUT2D eigenvalue weighted by Crippen LogP contribution is 2.23. The third kappa shape index (κ3) is 7.75. The Morgan fingerprint density at radius 2 is 1.90 bits per heavy atom. The number of halogens is 1. The minimum Gasteiger partial charge on any atom is -0.355 e. The smallest absolute Gasteiger partial charge is 0.191 e. The van der Waals surface area contributed by atoms with Crippen molar-refractivity contribution in [2.24, 2.45) is 4.99 Å². The largest absolute Gasteiger partial charge is 0.355 e. The standard InChI is InChI=1S/C23H37N7.HI/c1-4-22-28-27-18-30(22)15-14-25-23(24-2)26-16-19-10-8-9-11-20(19)17-29(3)21-12-6-5-7-13-21;/h8-11,18,21H,4-7,12-17H2,1-3H3,(H2,24,25,26);1H. The molecule has 1 fully saturated rings. The van der Waals surface area contributed by atoms with Crippen LogP contribution in [0.2, 0.25) is 0 Å². The third-order valence-electron chi connectivity index (χ3n) is 6.06. The molecule has 0 bridgehead atoms. The van der Waals surface area contributed by atoms with Crippen LogP contribution < -0.4 is 10.6 Å². The molecule has 0 aliphatic heterocycles. The third-order valence-corrected chi connectivity index (χ3v) is 6.06. The predicted molar refractivity (Wildman–Crippen MR) is 138 cm³/mol. The van der Waals surface area contributed by atoms with Crippen molar-refractivity contribution < 1.29 is 0 Å². The summed E-state index contributed by atoms with van der Waals surface area (Å²) in [5, 5.41) is 15.0. The van der Waals surface area contributed by atoms with Crippen LogP contribution in [0.15, 0.2) is 35.6 Å². The molecule has 8 heteroatoms. The Labute approximate surface area is 204 Å². The molecule has 0 amide bonds. The van der Waals surface area contributed by atoms with Crippen molar-refractivity contribution in [2.75, 3.05) is 20.6 Å². The van der Waals surface area contributed by atoms with Crippen LogP contribution in [-0.2, 0) is 26.1 Å². The molecule has 1 aliphatic carbocycles. The van der Waals surface area contributed by atoms with Crippen LogP contribution >= 0.6 is 24.0 Å². The molecule has 0 spiro atoms. The summed E-state index contributed by atoms with van der Waals surface area (Å²) in [6.07, 6.45) is 9.48. The van der Waals surface area contributed by atoms with E-state index in [0.29, 0.717) is 0 Å². The normalized spacial score (nSPS) is 15.0. The summed E-state index contributed by atoms with van der Waals surface area (Å²) in [4.78, 5) is 6.91. The summed E-state index contributed by atoms with van der Waals surface area (Å²) in [6, 6.07) is 9.46. The molecule has 2 N–H and O–H groups in total. The van der Waals surface area contributed by atoms with Crippen LogP contribution in [0.25, 0.3) is 0 Å². The molecule has 1 aromatic carbocycles. The average molecular weight is 540 g/mol. The molecule has 0 atom stereocenters. The van der Waals surface area contributed by atoms with E-state index in [0.717, 1.165) is 50.4 Å². The van der Waals surface area contributed by atoms with Crippen molar-refractivity contribution in [2.45, 2.75) is 71.1 Å². The van der Waals surface area contributed by atoms with E-state index in [-0.39, 0.29) is 24.0 Å². The topological polar surface area (TPSA) is 70.4 Å². The summed E-state index contributed by atoms with van der Waals surface area (Å²) in [6.45, 7) is 5.46. The SMILES string of the molecule is CCc1nncn1CCNC(=NC)NCc1ccccc1CN(C)C1CCCCC1.I. The van der Waals surface area contributed by atoms with E-state index in [1.54, 1.807) is 6.33 Å². The molecule has 2 aromatic rings. The summed E-state index contributed by atoms with van der Waals surface area (Å²) < 4.78 is 2.08. The van der Waals surface area contributed by atoms with Gasteiger partial charge in [-0.25, -0.2) is 0 Å². The lowest BCUT2D eigenvalue weighted by atomic mass is 9.94. The van der Waals surface area contributed by atoms with Crippen molar-refractivity contribution in [1.29, 1.82) is 0 Å². The number of aryl methyl sites for hydroxylation is 1. The lowest BCUT2D eigenvalue weighted by Crippen LogP contribution is -2.39. The van der Waals surface area contributed by atoms with Gasteiger partial charge in [0, 0.05) is 45.7 Å². The average Bonchev–Trinajstić information content (AvgIpc) is 3.25. The van der Waals surface area contributed by atoms with Crippen LogP contribution in [0.5, 0.6) is 0 Å². The van der Waals surface area contributed by atoms with Gasteiger partial charge < -0.3 is 15.2 Å². The zero-order valence-electron chi connectivity index (χ0n) is 19.2. The maximum absolute atomic E-state index is 4.37. The number of rotatable bonds is 9. The van der Waals surface area contributed by atoms with Crippen LogP contribution in [0.1, 0.15) is 56.0 Å². The molecular formula is C23H38IN7. The van der Waals surface area contributed by atoms with E-state index in [1.807, 2.05) is 7.05 Å². The van der Waals surface area contributed by atoms with Crippen LogP contribution in [0.4, 0.5) is 0 Å². The number of aliphatic imine (C=N–C) groups is 1. The van der Waals surface area contributed by atoms with Gasteiger partial charge in [-0.1, -0.05) is 50.5 Å². The molecule has 0 unspecified atom stereocenters. The molecule has 0 radical (unpaired) electrons. The number of nitrogens with one attached hydrogen (secondary N) is 2.